The van der Waals surface area contributed by atoms with E-state index in [1.165, 1.54) is 0 Å². The SMILES string of the molecule is COc1ccc2sc(C)[n+](C(C)O)c2c1.[Br-]. The molecule has 1 aromatic carbocycles. The van der Waals surface area contributed by atoms with Gasteiger partial charge in [-0.05, 0) is 12.1 Å². The fourth-order valence-corrected chi connectivity index (χ4v) is 2.81. The van der Waals surface area contributed by atoms with Crippen molar-refractivity contribution in [2.45, 2.75) is 20.1 Å². The summed E-state index contributed by atoms with van der Waals surface area (Å²) in [5, 5.41) is 10.8. The molecule has 1 heterocycles. The monoisotopic (exact) mass is 303 g/mol. The third-order valence-electron chi connectivity index (χ3n) is 2.40. The van der Waals surface area contributed by atoms with Crippen LogP contribution in [0.2, 0.25) is 0 Å². The first-order valence-corrected chi connectivity index (χ1v) is 5.62. The molecule has 3 nitrogen and oxygen atoms in total. The number of thiazole rings is 1. The van der Waals surface area contributed by atoms with E-state index in [1.54, 1.807) is 25.4 Å². The van der Waals surface area contributed by atoms with Crippen LogP contribution in [0.5, 0.6) is 5.75 Å². The molecule has 16 heavy (non-hydrogen) atoms. The molecule has 88 valence electrons. The van der Waals surface area contributed by atoms with E-state index >= 15 is 0 Å². The Hall–Kier alpha value is -0.650. The third-order valence-corrected chi connectivity index (χ3v) is 3.45. The Morgan fingerprint density at radius 2 is 2.12 bits per heavy atom. The number of rotatable bonds is 2. The quantitative estimate of drug-likeness (QED) is 0.724. The molecular weight excluding hydrogens is 290 g/mol. The van der Waals surface area contributed by atoms with Gasteiger partial charge in [0.05, 0.1) is 13.2 Å². The predicted molar refractivity (Wildman–Crippen MR) is 60.2 cm³/mol. The van der Waals surface area contributed by atoms with Gasteiger partial charge in [-0.25, -0.2) is 0 Å². The minimum atomic E-state index is -0.508. The molecule has 1 unspecified atom stereocenters. The Labute approximate surface area is 109 Å². The van der Waals surface area contributed by atoms with Gasteiger partial charge in [0.25, 0.3) is 6.23 Å². The highest BCUT2D eigenvalue weighted by molar-refractivity contribution is 7.18. The van der Waals surface area contributed by atoms with Crippen molar-refractivity contribution in [1.82, 2.24) is 0 Å². The lowest BCUT2D eigenvalue weighted by molar-refractivity contribution is -0.734. The van der Waals surface area contributed by atoms with Crippen LogP contribution in [-0.4, -0.2) is 12.2 Å². The topological polar surface area (TPSA) is 33.3 Å². The molecule has 0 aliphatic rings. The van der Waals surface area contributed by atoms with Crippen molar-refractivity contribution >= 4 is 21.6 Å². The number of aliphatic hydroxyl groups excluding tert-OH is 1. The molecule has 0 aliphatic heterocycles. The Kier molecular flexibility index (Phi) is 4.29. The third kappa shape index (κ3) is 2.21. The van der Waals surface area contributed by atoms with Gasteiger partial charge in [-0.3, -0.25) is 0 Å². The van der Waals surface area contributed by atoms with E-state index in [-0.39, 0.29) is 17.0 Å². The van der Waals surface area contributed by atoms with Gasteiger partial charge in [0.1, 0.15) is 10.4 Å². The number of aryl methyl sites for hydroxylation is 1. The largest absolute Gasteiger partial charge is 1.00 e. The van der Waals surface area contributed by atoms with E-state index in [9.17, 15) is 5.11 Å². The maximum atomic E-state index is 9.68. The van der Waals surface area contributed by atoms with Crippen LogP contribution in [0.25, 0.3) is 10.2 Å². The van der Waals surface area contributed by atoms with E-state index < -0.39 is 6.23 Å². The molecule has 0 saturated heterocycles. The number of methoxy groups -OCH3 is 1. The first kappa shape index (κ1) is 13.4. The van der Waals surface area contributed by atoms with E-state index in [0.29, 0.717) is 0 Å². The van der Waals surface area contributed by atoms with E-state index in [0.717, 1.165) is 21.0 Å². The number of aromatic nitrogens is 1. The summed E-state index contributed by atoms with van der Waals surface area (Å²) >= 11 is 1.67. The van der Waals surface area contributed by atoms with Gasteiger partial charge in [0.2, 0.25) is 10.5 Å². The van der Waals surface area contributed by atoms with Crippen LogP contribution in [-0.2, 0) is 0 Å². The van der Waals surface area contributed by atoms with Gasteiger partial charge >= 0.3 is 0 Å². The molecule has 1 atom stereocenters. The maximum absolute atomic E-state index is 9.68. The zero-order chi connectivity index (χ0) is 11.0. The lowest BCUT2D eigenvalue weighted by Gasteiger charge is -2.00. The van der Waals surface area contributed by atoms with Crippen LogP contribution in [0.3, 0.4) is 0 Å². The second-order valence-electron chi connectivity index (χ2n) is 3.46. The average Bonchev–Trinajstić information content (AvgIpc) is 2.52. The van der Waals surface area contributed by atoms with Crippen molar-refractivity contribution in [2.75, 3.05) is 7.11 Å². The van der Waals surface area contributed by atoms with Crippen LogP contribution >= 0.6 is 11.3 Å². The van der Waals surface area contributed by atoms with Crippen molar-refractivity contribution in [3.63, 3.8) is 0 Å². The van der Waals surface area contributed by atoms with Crippen LogP contribution in [0.4, 0.5) is 0 Å². The van der Waals surface area contributed by atoms with Crippen LogP contribution in [0, 0.1) is 6.92 Å². The predicted octanol–water partition coefficient (Wildman–Crippen LogP) is -0.979. The van der Waals surface area contributed by atoms with Gasteiger partial charge < -0.3 is 26.8 Å². The van der Waals surface area contributed by atoms with Crippen LogP contribution < -0.4 is 26.3 Å². The van der Waals surface area contributed by atoms with E-state index in [2.05, 4.69) is 0 Å². The molecule has 2 rings (SSSR count). The molecule has 0 radical (unpaired) electrons. The molecule has 1 aromatic heterocycles. The molecule has 0 amide bonds. The van der Waals surface area contributed by atoms with Gasteiger partial charge in [0, 0.05) is 13.8 Å². The molecule has 0 fully saturated rings. The second-order valence-corrected chi connectivity index (χ2v) is 4.69. The van der Waals surface area contributed by atoms with Crippen molar-refractivity contribution < 1.29 is 31.4 Å². The highest BCUT2D eigenvalue weighted by atomic mass is 79.9. The highest BCUT2D eigenvalue weighted by Gasteiger charge is 2.21. The molecule has 2 aromatic rings. The lowest BCUT2D eigenvalue weighted by Crippen LogP contribution is -3.00. The average molecular weight is 304 g/mol. The molecule has 0 aliphatic carbocycles. The number of hydrogen-bond acceptors (Lipinski definition) is 3. The summed E-state index contributed by atoms with van der Waals surface area (Å²) in [4.78, 5) is 0. The summed E-state index contributed by atoms with van der Waals surface area (Å²) in [6, 6.07) is 5.90. The Morgan fingerprint density at radius 1 is 1.44 bits per heavy atom. The summed E-state index contributed by atoms with van der Waals surface area (Å²) in [6.07, 6.45) is -0.508. The first-order chi connectivity index (χ1) is 7.13. The molecule has 1 N–H and O–H groups in total. The number of halogens is 1. The molecule has 0 saturated carbocycles. The molecule has 0 spiro atoms. The standard InChI is InChI=1S/C11H14NO2S.BrH/c1-7(13)12-8(2)15-11-5-4-9(14-3)6-10(11)12;/h4-7,13H,1-3H3;1H/q+1;/p-1. The number of aliphatic hydroxyl groups is 1. The summed E-state index contributed by atoms with van der Waals surface area (Å²) in [7, 11) is 1.65. The van der Waals surface area contributed by atoms with Crippen molar-refractivity contribution in [2.24, 2.45) is 0 Å². The maximum Gasteiger partial charge on any atom is 0.258 e. The zero-order valence-electron chi connectivity index (χ0n) is 9.40. The zero-order valence-corrected chi connectivity index (χ0v) is 11.8. The van der Waals surface area contributed by atoms with Crippen molar-refractivity contribution in [3.05, 3.63) is 23.2 Å². The number of nitrogens with zero attached hydrogens (tertiary/aromatic N) is 1. The highest BCUT2D eigenvalue weighted by Crippen LogP contribution is 2.25. The van der Waals surface area contributed by atoms with E-state index in [4.69, 9.17) is 4.74 Å². The number of fused-ring (bicyclic) bond motifs is 1. The molecule has 0 bridgehead atoms. The number of ether oxygens (including phenoxy) is 1. The lowest BCUT2D eigenvalue weighted by atomic mass is 10.3. The van der Waals surface area contributed by atoms with Gasteiger partial charge in [-0.2, -0.15) is 4.57 Å². The van der Waals surface area contributed by atoms with Crippen molar-refractivity contribution in [3.8, 4) is 5.75 Å². The van der Waals surface area contributed by atoms with E-state index in [1.807, 2.05) is 29.7 Å². The smallest absolute Gasteiger partial charge is 0.258 e. The summed E-state index contributed by atoms with van der Waals surface area (Å²) < 4.78 is 8.24. The fraction of sp³-hybridized carbons (Fsp3) is 0.364. The Morgan fingerprint density at radius 3 is 2.69 bits per heavy atom. The van der Waals surface area contributed by atoms with Gasteiger partial charge in [-0.15, -0.1) is 0 Å². The molecule has 5 heteroatoms. The van der Waals surface area contributed by atoms with Gasteiger partial charge in [-0.1, -0.05) is 11.3 Å². The minimum Gasteiger partial charge on any atom is -1.00 e. The summed E-state index contributed by atoms with van der Waals surface area (Å²) in [6.45, 7) is 3.77. The second kappa shape index (κ2) is 5.12. The number of hydrogen-bond donors (Lipinski definition) is 1. The van der Waals surface area contributed by atoms with Crippen LogP contribution in [0.15, 0.2) is 18.2 Å². The van der Waals surface area contributed by atoms with Gasteiger partial charge in [0.15, 0.2) is 0 Å². The summed E-state index contributed by atoms with van der Waals surface area (Å²) in [5.74, 6) is 0.815. The minimum absolute atomic E-state index is 0. The van der Waals surface area contributed by atoms with Crippen molar-refractivity contribution in [1.29, 1.82) is 0 Å². The van der Waals surface area contributed by atoms with Crippen LogP contribution in [0.1, 0.15) is 18.2 Å². The Bertz CT molecular complexity index is 496. The fourth-order valence-electron chi connectivity index (χ4n) is 1.74. The summed E-state index contributed by atoms with van der Waals surface area (Å²) in [5.41, 5.74) is 1.02. The first-order valence-electron chi connectivity index (χ1n) is 4.80. The Balaban J connectivity index is 0.00000128. The number of benzene rings is 1. The molecular formula is C11H14BrNO2S. The normalized spacial score (nSPS) is 12.2.